The van der Waals surface area contributed by atoms with E-state index in [4.69, 9.17) is 6.42 Å². The zero-order chi connectivity index (χ0) is 8.65. The Labute approximate surface area is 78.4 Å². The van der Waals surface area contributed by atoms with Crippen molar-refractivity contribution in [3.63, 3.8) is 0 Å². The highest BCUT2D eigenvalue weighted by Crippen LogP contribution is 2.06. The Bertz CT molecular complexity index is 245. The lowest BCUT2D eigenvalue weighted by molar-refractivity contribution is 0.935. The van der Waals surface area contributed by atoms with Gasteiger partial charge >= 0.3 is 0 Å². The van der Waals surface area contributed by atoms with E-state index in [1.54, 1.807) is 11.8 Å². The maximum atomic E-state index is 5.12. The maximum Gasteiger partial charge on any atom is 0.00597 e. The molecule has 1 aromatic carbocycles. The van der Waals surface area contributed by atoms with Crippen molar-refractivity contribution in [2.24, 2.45) is 0 Å². The van der Waals surface area contributed by atoms with E-state index in [0.717, 1.165) is 12.2 Å². The zero-order valence-electron chi connectivity index (χ0n) is 6.99. The first-order valence-electron chi connectivity index (χ1n) is 4.05. The molecule has 12 heavy (non-hydrogen) atoms. The summed E-state index contributed by atoms with van der Waals surface area (Å²) in [5.74, 6) is 1.06. The Morgan fingerprint density at radius 3 is 2.67 bits per heavy atom. The minimum absolute atomic E-state index is 1.06. The summed E-state index contributed by atoms with van der Waals surface area (Å²) in [7, 11) is 0. The van der Waals surface area contributed by atoms with Crippen LogP contribution < -0.4 is 0 Å². The molecule has 0 unspecified atom stereocenters. The molecule has 0 amide bonds. The van der Waals surface area contributed by atoms with Gasteiger partial charge in [-0.2, -0.15) is 0 Å². The Morgan fingerprint density at radius 2 is 2.00 bits per heavy atom. The molecule has 1 heteroatoms. The van der Waals surface area contributed by atoms with Crippen LogP contribution in [0.25, 0.3) is 0 Å². The standard InChI is InChI=1S/C11H12S/c1-2-12-10-6-9-11-7-4-3-5-8-11/h1,3-5,7-8H,6,9-10H2. The molecule has 0 saturated carbocycles. The molecular formula is C11H12S. The summed E-state index contributed by atoms with van der Waals surface area (Å²) in [4.78, 5) is 0. The first-order valence-corrected chi connectivity index (χ1v) is 5.03. The number of benzene rings is 1. The molecule has 0 aliphatic rings. The first-order chi connectivity index (χ1) is 5.93. The predicted molar refractivity (Wildman–Crippen MR) is 56.1 cm³/mol. The van der Waals surface area contributed by atoms with Crippen molar-refractivity contribution in [1.29, 1.82) is 0 Å². The van der Waals surface area contributed by atoms with Gasteiger partial charge in [0.2, 0.25) is 0 Å². The van der Waals surface area contributed by atoms with Gasteiger partial charge in [-0.25, -0.2) is 0 Å². The van der Waals surface area contributed by atoms with Crippen LogP contribution in [0, 0.1) is 11.7 Å². The highest BCUT2D eigenvalue weighted by Gasteiger charge is 1.90. The molecular weight excluding hydrogens is 164 g/mol. The molecule has 0 spiro atoms. The molecule has 0 atom stereocenters. The summed E-state index contributed by atoms with van der Waals surface area (Å²) in [5.41, 5.74) is 1.40. The van der Waals surface area contributed by atoms with Gasteiger partial charge in [0.25, 0.3) is 0 Å². The number of rotatable bonds is 4. The number of thioether (sulfide) groups is 1. The lowest BCUT2D eigenvalue weighted by atomic mass is 10.1. The third-order valence-corrected chi connectivity index (χ3v) is 2.30. The van der Waals surface area contributed by atoms with E-state index in [-0.39, 0.29) is 0 Å². The maximum absolute atomic E-state index is 5.12. The van der Waals surface area contributed by atoms with Crippen molar-refractivity contribution in [3.8, 4) is 11.7 Å². The third kappa shape index (κ3) is 3.50. The van der Waals surface area contributed by atoms with Crippen LogP contribution in [-0.4, -0.2) is 5.75 Å². The molecule has 0 aliphatic carbocycles. The molecule has 1 aromatic rings. The van der Waals surface area contributed by atoms with Crippen molar-refractivity contribution >= 4 is 11.8 Å². The summed E-state index contributed by atoms with van der Waals surface area (Å²) in [6.07, 6.45) is 7.42. The molecule has 0 N–H and O–H groups in total. The molecule has 0 aromatic heterocycles. The van der Waals surface area contributed by atoms with Crippen LogP contribution in [0.2, 0.25) is 0 Å². The second-order valence-electron chi connectivity index (χ2n) is 2.56. The fourth-order valence-electron chi connectivity index (χ4n) is 1.05. The minimum atomic E-state index is 1.06. The molecule has 0 radical (unpaired) electrons. The Balaban J connectivity index is 2.21. The summed E-state index contributed by atoms with van der Waals surface area (Å²) in [6.45, 7) is 0. The lowest BCUT2D eigenvalue weighted by Gasteiger charge is -1.97. The lowest BCUT2D eigenvalue weighted by Crippen LogP contribution is -1.85. The Kier molecular flexibility index (Phi) is 4.41. The zero-order valence-corrected chi connectivity index (χ0v) is 7.81. The molecule has 1 rings (SSSR count). The van der Waals surface area contributed by atoms with Crippen molar-refractivity contribution in [3.05, 3.63) is 35.9 Å². The molecule has 0 saturated heterocycles. The fraction of sp³-hybridized carbons (Fsp3) is 0.273. The van der Waals surface area contributed by atoms with Crippen LogP contribution in [0.15, 0.2) is 30.3 Å². The van der Waals surface area contributed by atoms with Gasteiger partial charge in [0.15, 0.2) is 0 Å². The van der Waals surface area contributed by atoms with Gasteiger partial charge in [-0.05, 0) is 23.7 Å². The summed E-state index contributed by atoms with van der Waals surface area (Å²) < 4.78 is 0. The summed E-state index contributed by atoms with van der Waals surface area (Å²) >= 11 is 1.56. The number of hydrogen-bond donors (Lipinski definition) is 0. The average molecular weight is 176 g/mol. The topological polar surface area (TPSA) is 0 Å². The van der Waals surface area contributed by atoms with E-state index in [1.807, 2.05) is 6.07 Å². The van der Waals surface area contributed by atoms with Gasteiger partial charge in [0.05, 0.1) is 0 Å². The van der Waals surface area contributed by atoms with Crippen LogP contribution in [0.5, 0.6) is 0 Å². The minimum Gasteiger partial charge on any atom is -0.108 e. The van der Waals surface area contributed by atoms with Crippen LogP contribution >= 0.6 is 11.8 Å². The second-order valence-corrected chi connectivity index (χ2v) is 3.49. The van der Waals surface area contributed by atoms with Gasteiger partial charge in [-0.3, -0.25) is 0 Å². The van der Waals surface area contributed by atoms with E-state index in [2.05, 4.69) is 29.5 Å². The van der Waals surface area contributed by atoms with Gasteiger partial charge in [-0.15, -0.1) is 6.42 Å². The first kappa shape index (κ1) is 9.22. The van der Waals surface area contributed by atoms with Crippen molar-refractivity contribution in [2.45, 2.75) is 12.8 Å². The van der Waals surface area contributed by atoms with E-state index >= 15 is 0 Å². The van der Waals surface area contributed by atoms with E-state index in [9.17, 15) is 0 Å². The van der Waals surface area contributed by atoms with E-state index in [0.29, 0.717) is 0 Å². The van der Waals surface area contributed by atoms with E-state index < -0.39 is 0 Å². The SMILES string of the molecule is C#CSCCCc1ccccc1. The van der Waals surface area contributed by atoms with Gasteiger partial charge in [0, 0.05) is 5.75 Å². The van der Waals surface area contributed by atoms with Crippen molar-refractivity contribution < 1.29 is 0 Å². The summed E-state index contributed by atoms with van der Waals surface area (Å²) in [5, 5.41) is 2.57. The predicted octanol–water partition coefficient (Wildman–Crippen LogP) is 2.94. The van der Waals surface area contributed by atoms with E-state index in [1.165, 1.54) is 12.0 Å². The number of aryl methyl sites for hydroxylation is 1. The third-order valence-electron chi connectivity index (χ3n) is 1.64. The molecule has 0 aliphatic heterocycles. The molecule has 62 valence electrons. The molecule has 0 nitrogen and oxygen atoms in total. The largest absolute Gasteiger partial charge is 0.108 e. The normalized spacial score (nSPS) is 9.25. The van der Waals surface area contributed by atoms with Gasteiger partial charge < -0.3 is 0 Å². The number of hydrogen-bond acceptors (Lipinski definition) is 1. The van der Waals surface area contributed by atoms with Crippen LogP contribution in [0.1, 0.15) is 12.0 Å². The molecule has 0 heterocycles. The Hall–Kier alpha value is -0.870. The smallest absolute Gasteiger partial charge is 0.00597 e. The molecule has 0 fully saturated rings. The van der Waals surface area contributed by atoms with Crippen LogP contribution in [0.4, 0.5) is 0 Å². The van der Waals surface area contributed by atoms with Crippen molar-refractivity contribution in [2.75, 3.05) is 5.75 Å². The second kappa shape index (κ2) is 5.74. The summed E-state index contributed by atoms with van der Waals surface area (Å²) in [6, 6.07) is 10.5. The highest BCUT2D eigenvalue weighted by atomic mass is 32.2. The van der Waals surface area contributed by atoms with Gasteiger partial charge in [0.1, 0.15) is 0 Å². The monoisotopic (exact) mass is 176 g/mol. The molecule has 0 bridgehead atoms. The van der Waals surface area contributed by atoms with Crippen LogP contribution in [-0.2, 0) is 6.42 Å². The fourth-order valence-corrected chi connectivity index (χ4v) is 1.46. The average Bonchev–Trinajstić information content (AvgIpc) is 2.14. The van der Waals surface area contributed by atoms with Gasteiger partial charge in [-0.1, -0.05) is 42.1 Å². The quantitative estimate of drug-likeness (QED) is 0.502. The number of terminal acetylenes is 1. The Morgan fingerprint density at radius 1 is 1.25 bits per heavy atom. The highest BCUT2D eigenvalue weighted by molar-refractivity contribution is 8.03. The van der Waals surface area contributed by atoms with Crippen LogP contribution in [0.3, 0.4) is 0 Å². The van der Waals surface area contributed by atoms with Crippen molar-refractivity contribution in [1.82, 2.24) is 0 Å².